The minimum absolute atomic E-state index is 0.0783. The highest BCUT2D eigenvalue weighted by molar-refractivity contribution is 7.97. The molecule has 4 nitrogen and oxygen atoms in total. The molecule has 1 aromatic rings. The monoisotopic (exact) mass is 227 g/mol. The second kappa shape index (κ2) is 4.53. The Labute approximate surface area is 94.2 Å². The van der Waals surface area contributed by atoms with Gasteiger partial charge >= 0.3 is 0 Å². The van der Waals surface area contributed by atoms with E-state index in [-0.39, 0.29) is 5.41 Å². The van der Waals surface area contributed by atoms with E-state index in [9.17, 15) is 0 Å². The molecule has 0 radical (unpaired) electrons. The molecule has 1 fully saturated rings. The summed E-state index contributed by atoms with van der Waals surface area (Å²) < 4.78 is 5.36. The van der Waals surface area contributed by atoms with Gasteiger partial charge in [-0.25, -0.2) is 0 Å². The van der Waals surface area contributed by atoms with Crippen LogP contribution in [0.5, 0.6) is 0 Å². The van der Waals surface area contributed by atoms with Gasteiger partial charge in [0.2, 0.25) is 5.89 Å². The molecule has 1 aliphatic heterocycles. The molecule has 15 heavy (non-hydrogen) atoms. The lowest BCUT2D eigenvalue weighted by molar-refractivity contribution is 0.240. The summed E-state index contributed by atoms with van der Waals surface area (Å²) in [6.07, 6.45) is 4.20. The summed E-state index contributed by atoms with van der Waals surface area (Å²) in [5.74, 6) is 2.46. The third-order valence-electron chi connectivity index (χ3n) is 2.96. The standard InChI is InChI=1S/C10H17N3OS/c1-10(3-5-11-6-4-10)9-12-8(7-15-2)13-14-9/h11H,3-7H2,1-2H3. The van der Waals surface area contributed by atoms with Gasteiger partial charge in [0.15, 0.2) is 5.82 Å². The molecule has 1 aliphatic rings. The van der Waals surface area contributed by atoms with Crippen molar-refractivity contribution in [2.24, 2.45) is 0 Å². The van der Waals surface area contributed by atoms with E-state index < -0.39 is 0 Å². The molecule has 2 heterocycles. The van der Waals surface area contributed by atoms with Crippen molar-refractivity contribution < 1.29 is 4.52 Å². The van der Waals surface area contributed by atoms with Crippen LogP contribution in [-0.2, 0) is 11.2 Å². The van der Waals surface area contributed by atoms with Crippen LogP contribution in [0.3, 0.4) is 0 Å². The maximum Gasteiger partial charge on any atom is 0.232 e. The lowest BCUT2D eigenvalue weighted by Gasteiger charge is -2.30. The third kappa shape index (κ3) is 2.34. The Morgan fingerprint density at radius 1 is 1.47 bits per heavy atom. The normalized spacial score (nSPS) is 20.4. The van der Waals surface area contributed by atoms with Gasteiger partial charge < -0.3 is 9.84 Å². The molecule has 1 saturated heterocycles. The van der Waals surface area contributed by atoms with Gasteiger partial charge in [0.1, 0.15) is 0 Å². The molecule has 0 aliphatic carbocycles. The van der Waals surface area contributed by atoms with Crippen LogP contribution in [0.25, 0.3) is 0 Å². The van der Waals surface area contributed by atoms with Crippen molar-refractivity contribution in [1.29, 1.82) is 0 Å². The summed E-state index contributed by atoms with van der Waals surface area (Å²) in [6, 6.07) is 0. The molecule has 0 unspecified atom stereocenters. The quantitative estimate of drug-likeness (QED) is 0.849. The first-order chi connectivity index (χ1) is 7.24. The Bertz CT molecular complexity index is 320. The molecular formula is C10H17N3OS. The molecule has 1 N–H and O–H groups in total. The Morgan fingerprint density at radius 3 is 2.87 bits per heavy atom. The van der Waals surface area contributed by atoms with E-state index >= 15 is 0 Å². The van der Waals surface area contributed by atoms with Gasteiger partial charge in [0.05, 0.1) is 5.75 Å². The highest BCUT2D eigenvalue weighted by Gasteiger charge is 2.34. The number of rotatable bonds is 3. The van der Waals surface area contributed by atoms with E-state index in [1.54, 1.807) is 11.8 Å². The zero-order chi connectivity index (χ0) is 10.7. The SMILES string of the molecule is CSCc1noc(C2(C)CCNCC2)n1. The summed E-state index contributed by atoms with van der Waals surface area (Å²) in [5.41, 5.74) is 0.0783. The van der Waals surface area contributed by atoms with Gasteiger partial charge in [-0.1, -0.05) is 12.1 Å². The Morgan fingerprint density at radius 2 is 2.20 bits per heavy atom. The maximum atomic E-state index is 5.36. The fraction of sp³-hybridized carbons (Fsp3) is 0.800. The number of hydrogen-bond donors (Lipinski definition) is 1. The molecule has 5 heteroatoms. The Kier molecular flexibility index (Phi) is 3.31. The van der Waals surface area contributed by atoms with Crippen molar-refractivity contribution in [1.82, 2.24) is 15.5 Å². The van der Waals surface area contributed by atoms with E-state index in [0.29, 0.717) is 0 Å². The summed E-state index contributed by atoms with van der Waals surface area (Å²) >= 11 is 1.72. The Balaban J connectivity index is 2.12. The second-order valence-corrected chi connectivity index (χ2v) is 5.13. The zero-order valence-corrected chi connectivity index (χ0v) is 10.1. The van der Waals surface area contributed by atoms with E-state index in [4.69, 9.17) is 4.52 Å². The molecule has 84 valence electrons. The summed E-state index contributed by atoms with van der Waals surface area (Å²) in [5, 5.41) is 7.35. The number of nitrogens with one attached hydrogen (secondary N) is 1. The minimum Gasteiger partial charge on any atom is -0.339 e. The van der Waals surface area contributed by atoms with E-state index in [2.05, 4.69) is 22.4 Å². The van der Waals surface area contributed by atoms with Crippen LogP contribution in [0.15, 0.2) is 4.52 Å². The van der Waals surface area contributed by atoms with Crippen LogP contribution in [0.4, 0.5) is 0 Å². The van der Waals surface area contributed by atoms with Crippen molar-refractivity contribution >= 4 is 11.8 Å². The topological polar surface area (TPSA) is 51.0 Å². The van der Waals surface area contributed by atoms with Crippen molar-refractivity contribution in [3.8, 4) is 0 Å². The van der Waals surface area contributed by atoms with Crippen LogP contribution in [0.1, 0.15) is 31.5 Å². The third-order valence-corrected chi connectivity index (χ3v) is 3.51. The number of nitrogens with zero attached hydrogens (tertiary/aromatic N) is 2. The summed E-state index contributed by atoms with van der Waals surface area (Å²) in [4.78, 5) is 4.47. The predicted molar refractivity (Wildman–Crippen MR) is 61.0 cm³/mol. The number of thioether (sulfide) groups is 1. The minimum atomic E-state index is 0.0783. The number of hydrogen-bond acceptors (Lipinski definition) is 5. The number of piperidine rings is 1. The van der Waals surface area contributed by atoms with Crippen LogP contribution < -0.4 is 5.32 Å². The molecule has 2 rings (SSSR count). The van der Waals surface area contributed by atoms with Crippen molar-refractivity contribution in [2.75, 3.05) is 19.3 Å². The molecule has 0 atom stereocenters. The second-order valence-electron chi connectivity index (χ2n) is 4.26. The first-order valence-corrected chi connectivity index (χ1v) is 6.67. The van der Waals surface area contributed by atoms with Crippen LogP contribution in [0.2, 0.25) is 0 Å². The van der Waals surface area contributed by atoms with Crippen LogP contribution >= 0.6 is 11.8 Å². The molecule has 0 amide bonds. The average Bonchev–Trinajstić information content (AvgIpc) is 2.69. The van der Waals surface area contributed by atoms with E-state index in [1.807, 2.05) is 6.26 Å². The fourth-order valence-electron chi connectivity index (χ4n) is 1.88. The van der Waals surface area contributed by atoms with Gasteiger partial charge in [0.25, 0.3) is 0 Å². The van der Waals surface area contributed by atoms with Crippen molar-refractivity contribution in [3.05, 3.63) is 11.7 Å². The first-order valence-electron chi connectivity index (χ1n) is 5.27. The fourth-order valence-corrected chi connectivity index (χ4v) is 2.25. The van der Waals surface area contributed by atoms with Gasteiger partial charge in [0, 0.05) is 5.41 Å². The smallest absolute Gasteiger partial charge is 0.232 e. The average molecular weight is 227 g/mol. The molecule has 1 aromatic heterocycles. The highest BCUT2D eigenvalue weighted by atomic mass is 32.2. The van der Waals surface area contributed by atoms with Gasteiger partial charge in [-0.2, -0.15) is 16.7 Å². The van der Waals surface area contributed by atoms with Crippen LogP contribution in [0, 0.1) is 0 Å². The van der Waals surface area contributed by atoms with Crippen molar-refractivity contribution in [2.45, 2.75) is 30.9 Å². The van der Waals surface area contributed by atoms with Crippen molar-refractivity contribution in [3.63, 3.8) is 0 Å². The molecule has 0 aromatic carbocycles. The van der Waals surface area contributed by atoms with Gasteiger partial charge in [-0.15, -0.1) is 0 Å². The molecular weight excluding hydrogens is 210 g/mol. The zero-order valence-electron chi connectivity index (χ0n) is 9.25. The highest BCUT2D eigenvalue weighted by Crippen LogP contribution is 2.31. The maximum absolute atomic E-state index is 5.36. The largest absolute Gasteiger partial charge is 0.339 e. The van der Waals surface area contributed by atoms with Gasteiger partial charge in [-0.05, 0) is 32.2 Å². The number of aromatic nitrogens is 2. The molecule has 0 saturated carbocycles. The van der Waals surface area contributed by atoms with Gasteiger partial charge in [-0.3, -0.25) is 0 Å². The predicted octanol–water partition coefficient (Wildman–Crippen LogP) is 1.57. The van der Waals surface area contributed by atoms with E-state index in [0.717, 1.165) is 43.4 Å². The molecule has 0 bridgehead atoms. The molecule has 0 spiro atoms. The Hall–Kier alpha value is -0.550. The first kappa shape index (κ1) is 11.0. The lowest BCUT2D eigenvalue weighted by Crippen LogP contribution is -2.37. The lowest BCUT2D eigenvalue weighted by atomic mass is 9.81. The van der Waals surface area contributed by atoms with Crippen LogP contribution in [-0.4, -0.2) is 29.5 Å². The van der Waals surface area contributed by atoms with E-state index in [1.165, 1.54) is 0 Å². The summed E-state index contributed by atoms with van der Waals surface area (Å²) in [7, 11) is 0. The summed E-state index contributed by atoms with van der Waals surface area (Å²) in [6.45, 7) is 4.29.